The number of carbonyl (C=O) groups excluding carboxylic acids is 1. The average Bonchev–Trinajstić information content (AvgIpc) is 3.09. The number of carbonyl (C=O) groups is 1. The summed E-state index contributed by atoms with van der Waals surface area (Å²) in [6.45, 7) is 7.39. The fraction of sp³-hybridized carbons (Fsp3) is 0.474. The standard InChI is InChI=1S/C19H25N3O3S/c1-3-25-17-6-4-15(5-7-17)19(23)21(2)12-16-14-26-18(20-16)13-22-8-10-24-11-9-22/h4-7,14H,3,8-13H2,1-2H3. The predicted molar refractivity (Wildman–Crippen MR) is 102 cm³/mol. The van der Waals surface area contributed by atoms with Crippen molar-refractivity contribution in [2.45, 2.75) is 20.0 Å². The molecule has 0 bridgehead atoms. The van der Waals surface area contributed by atoms with Gasteiger partial charge in [-0.25, -0.2) is 4.98 Å². The van der Waals surface area contributed by atoms with E-state index in [1.165, 1.54) is 0 Å². The van der Waals surface area contributed by atoms with Crippen molar-refractivity contribution in [3.05, 3.63) is 45.9 Å². The van der Waals surface area contributed by atoms with Gasteiger partial charge in [0, 0.05) is 31.1 Å². The molecule has 1 saturated heterocycles. The first-order valence-electron chi connectivity index (χ1n) is 8.87. The minimum atomic E-state index is -0.0178. The van der Waals surface area contributed by atoms with Crippen LogP contribution in [0.3, 0.4) is 0 Å². The molecule has 26 heavy (non-hydrogen) atoms. The highest BCUT2D eigenvalue weighted by Gasteiger charge is 2.16. The van der Waals surface area contributed by atoms with Crippen LogP contribution in [0.4, 0.5) is 0 Å². The molecule has 1 amide bonds. The molecule has 1 fully saturated rings. The van der Waals surface area contributed by atoms with Crippen molar-refractivity contribution in [2.24, 2.45) is 0 Å². The minimum absolute atomic E-state index is 0.0178. The summed E-state index contributed by atoms with van der Waals surface area (Å²) in [6.07, 6.45) is 0. The second-order valence-corrected chi connectivity index (χ2v) is 7.18. The SMILES string of the molecule is CCOc1ccc(C(=O)N(C)Cc2csc(CN3CCOCC3)n2)cc1. The molecule has 0 atom stereocenters. The number of thiazole rings is 1. The summed E-state index contributed by atoms with van der Waals surface area (Å²) < 4.78 is 10.8. The molecular weight excluding hydrogens is 350 g/mol. The van der Waals surface area contributed by atoms with E-state index in [0.717, 1.165) is 49.3 Å². The molecule has 0 aliphatic carbocycles. The Balaban J connectivity index is 1.55. The molecule has 6 nitrogen and oxygen atoms in total. The van der Waals surface area contributed by atoms with Crippen LogP contribution in [0.5, 0.6) is 5.75 Å². The molecule has 1 aromatic carbocycles. The van der Waals surface area contributed by atoms with E-state index in [2.05, 4.69) is 9.88 Å². The van der Waals surface area contributed by atoms with Gasteiger partial charge in [0.05, 0.1) is 38.6 Å². The lowest BCUT2D eigenvalue weighted by Gasteiger charge is -2.25. The number of nitrogens with zero attached hydrogens (tertiary/aromatic N) is 3. The highest BCUT2D eigenvalue weighted by atomic mass is 32.1. The largest absolute Gasteiger partial charge is 0.494 e. The van der Waals surface area contributed by atoms with Gasteiger partial charge in [0.25, 0.3) is 5.91 Å². The van der Waals surface area contributed by atoms with Crippen LogP contribution in [0.25, 0.3) is 0 Å². The summed E-state index contributed by atoms with van der Waals surface area (Å²) in [4.78, 5) is 21.3. The van der Waals surface area contributed by atoms with Crippen LogP contribution in [0.2, 0.25) is 0 Å². The molecule has 0 radical (unpaired) electrons. The van der Waals surface area contributed by atoms with Crippen molar-refractivity contribution in [1.29, 1.82) is 0 Å². The first-order chi connectivity index (χ1) is 12.7. The monoisotopic (exact) mass is 375 g/mol. The topological polar surface area (TPSA) is 54.9 Å². The molecule has 0 N–H and O–H groups in total. The number of aromatic nitrogens is 1. The predicted octanol–water partition coefficient (Wildman–Crippen LogP) is 2.65. The van der Waals surface area contributed by atoms with E-state index in [-0.39, 0.29) is 5.91 Å². The maximum atomic E-state index is 12.6. The van der Waals surface area contributed by atoms with Crippen LogP contribution in [-0.2, 0) is 17.8 Å². The van der Waals surface area contributed by atoms with Gasteiger partial charge in [-0.3, -0.25) is 9.69 Å². The molecule has 2 aromatic rings. The molecule has 0 saturated carbocycles. The Hall–Kier alpha value is -1.96. The van der Waals surface area contributed by atoms with Gasteiger partial charge in [-0.15, -0.1) is 11.3 Å². The highest BCUT2D eigenvalue weighted by molar-refractivity contribution is 7.09. The normalized spacial score (nSPS) is 15.0. The summed E-state index contributed by atoms with van der Waals surface area (Å²) in [5, 5.41) is 3.13. The number of morpholine rings is 1. The van der Waals surface area contributed by atoms with E-state index in [4.69, 9.17) is 9.47 Å². The van der Waals surface area contributed by atoms with Crippen molar-refractivity contribution >= 4 is 17.2 Å². The molecule has 1 aliphatic heterocycles. The van der Waals surface area contributed by atoms with E-state index in [0.29, 0.717) is 18.7 Å². The molecule has 2 heterocycles. The Labute approximate surface area is 158 Å². The summed E-state index contributed by atoms with van der Waals surface area (Å²) in [5.74, 6) is 0.759. The zero-order valence-electron chi connectivity index (χ0n) is 15.3. The van der Waals surface area contributed by atoms with Gasteiger partial charge in [-0.1, -0.05) is 0 Å². The molecule has 3 rings (SSSR count). The van der Waals surface area contributed by atoms with E-state index >= 15 is 0 Å². The zero-order valence-corrected chi connectivity index (χ0v) is 16.1. The van der Waals surface area contributed by atoms with Crippen molar-refractivity contribution < 1.29 is 14.3 Å². The fourth-order valence-electron chi connectivity index (χ4n) is 2.84. The van der Waals surface area contributed by atoms with Crippen LogP contribution < -0.4 is 4.74 Å². The Morgan fingerprint density at radius 3 is 2.73 bits per heavy atom. The van der Waals surface area contributed by atoms with Crippen LogP contribution >= 0.6 is 11.3 Å². The number of benzene rings is 1. The maximum Gasteiger partial charge on any atom is 0.253 e. The third kappa shape index (κ3) is 5.03. The first kappa shape index (κ1) is 18.8. The lowest BCUT2D eigenvalue weighted by molar-refractivity contribution is 0.0341. The highest BCUT2D eigenvalue weighted by Crippen LogP contribution is 2.17. The van der Waals surface area contributed by atoms with E-state index in [9.17, 15) is 4.79 Å². The molecule has 0 spiro atoms. The lowest BCUT2D eigenvalue weighted by Crippen LogP contribution is -2.35. The Kier molecular flexibility index (Phi) is 6.60. The number of hydrogen-bond donors (Lipinski definition) is 0. The van der Waals surface area contributed by atoms with Crippen molar-refractivity contribution in [2.75, 3.05) is 40.0 Å². The Morgan fingerprint density at radius 1 is 1.31 bits per heavy atom. The Bertz CT molecular complexity index is 711. The summed E-state index contributed by atoms with van der Waals surface area (Å²) in [7, 11) is 1.81. The molecule has 7 heteroatoms. The van der Waals surface area contributed by atoms with Gasteiger partial charge < -0.3 is 14.4 Å². The fourth-order valence-corrected chi connectivity index (χ4v) is 3.67. The third-order valence-corrected chi connectivity index (χ3v) is 5.10. The van der Waals surface area contributed by atoms with Crippen molar-refractivity contribution in [3.8, 4) is 5.75 Å². The molecule has 140 valence electrons. The smallest absolute Gasteiger partial charge is 0.253 e. The average molecular weight is 375 g/mol. The minimum Gasteiger partial charge on any atom is -0.494 e. The summed E-state index contributed by atoms with van der Waals surface area (Å²) in [6, 6.07) is 7.26. The van der Waals surface area contributed by atoms with Crippen LogP contribution in [0.1, 0.15) is 28.0 Å². The number of ether oxygens (including phenoxy) is 2. The van der Waals surface area contributed by atoms with Crippen LogP contribution in [0, 0.1) is 0 Å². The lowest BCUT2D eigenvalue weighted by atomic mass is 10.2. The molecular formula is C19H25N3O3S. The number of amides is 1. The van der Waals surface area contributed by atoms with Gasteiger partial charge in [-0.05, 0) is 31.2 Å². The molecule has 1 aromatic heterocycles. The van der Waals surface area contributed by atoms with E-state index in [1.807, 2.05) is 24.4 Å². The van der Waals surface area contributed by atoms with Crippen LogP contribution in [0.15, 0.2) is 29.6 Å². The first-order valence-corrected chi connectivity index (χ1v) is 9.75. The zero-order chi connectivity index (χ0) is 18.4. The third-order valence-electron chi connectivity index (χ3n) is 4.22. The van der Waals surface area contributed by atoms with Crippen molar-refractivity contribution in [3.63, 3.8) is 0 Å². The quantitative estimate of drug-likeness (QED) is 0.745. The van der Waals surface area contributed by atoms with Gasteiger partial charge in [-0.2, -0.15) is 0 Å². The van der Waals surface area contributed by atoms with Gasteiger partial charge >= 0.3 is 0 Å². The van der Waals surface area contributed by atoms with Crippen LogP contribution in [-0.4, -0.2) is 60.6 Å². The summed E-state index contributed by atoms with van der Waals surface area (Å²) in [5.41, 5.74) is 1.58. The van der Waals surface area contributed by atoms with Crippen molar-refractivity contribution in [1.82, 2.24) is 14.8 Å². The number of hydrogen-bond acceptors (Lipinski definition) is 6. The number of rotatable bonds is 7. The van der Waals surface area contributed by atoms with Gasteiger partial charge in [0.15, 0.2) is 0 Å². The molecule has 0 unspecified atom stereocenters. The molecule has 1 aliphatic rings. The maximum absolute atomic E-state index is 12.6. The second kappa shape index (κ2) is 9.12. The van der Waals surface area contributed by atoms with E-state index in [1.54, 1.807) is 35.4 Å². The van der Waals surface area contributed by atoms with Gasteiger partial charge in [0.1, 0.15) is 10.8 Å². The summed E-state index contributed by atoms with van der Waals surface area (Å²) >= 11 is 1.65. The van der Waals surface area contributed by atoms with Gasteiger partial charge in [0.2, 0.25) is 0 Å². The Morgan fingerprint density at radius 2 is 2.04 bits per heavy atom. The second-order valence-electron chi connectivity index (χ2n) is 6.24. The van der Waals surface area contributed by atoms with E-state index < -0.39 is 0 Å².